The van der Waals surface area contributed by atoms with Gasteiger partial charge in [0.25, 0.3) is 0 Å². The Morgan fingerprint density at radius 1 is 1.30 bits per heavy atom. The molecule has 0 bridgehead atoms. The minimum Gasteiger partial charge on any atom is -0.306 e. The fraction of sp³-hybridized carbons (Fsp3) is 1.00. The van der Waals surface area contributed by atoms with Crippen LogP contribution in [0.2, 0.25) is 0 Å². The van der Waals surface area contributed by atoms with Crippen molar-refractivity contribution in [2.45, 2.75) is 38.6 Å². The maximum Gasteiger partial charge on any atom is 0.00919 e. The molecule has 0 aliphatic heterocycles. The van der Waals surface area contributed by atoms with Gasteiger partial charge in [-0.25, -0.2) is 0 Å². The van der Waals surface area contributed by atoms with E-state index in [1.54, 1.807) is 0 Å². The average Bonchev–Trinajstić information content (AvgIpc) is 2.34. The zero-order chi connectivity index (χ0) is 7.56. The number of hydrogen-bond donors (Lipinski definition) is 0. The molecule has 2 atom stereocenters. The second kappa shape index (κ2) is 3.38. The highest BCUT2D eigenvalue weighted by atomic mass is 15.1. The molecule has 1 fully saturated rings. The van der Waals surface area contributed by atoms with E-state index in [1.165, 1.54) is 25.7 Å². The van der Waals surface area contributed by atoms with Crippen molar-refractivity contribution in [3.8, 4) is 0 Å². The molecule has 0 aromatic heterocycles. The molecule has 0 spiro atoms. The Balaban J connectivity index is 2.28. The van der Waals surface area contributed by atoms with Gasteiger partial charge < -0.3 is 4.90 Å². The van der Waals surface area contributed by atoms with Crippen LogP contribution < -0.4 is 0 Å². The SMILES string of the molecule is CC[C@H]1CC[C@@H](N(C)C)C1. The van der Waals surface area contributed by atoms with E-state index in [0.29, 0.717) is 0 Å². The molecule has 1 rings (SSSR count). The molecule has 0 aromatic rings. The molecule has 0 saturated heterocycles. The third-order valence-electron chi connectivity index (χ3n) is 2.82. The van der Waals surface area contributed by atoms with Crippen molar-refractivity contribution in [1.29, 1.82) is 0 Å². The topological polar surface area (TPSA) is 3.24 Å². The molecular weight excluding hydrogens is 122 g/mol. The summed E-state index contributed by atoms with van der Waals surface area (Å²) in [5.41, 5.74) is 0. The van der Waals surface area contributed by atoms with Crippen molar-refractivity contribution in [3.05, 3.63) is 0 Å². The van der Waals surface area contributed by atoms with Crippen LogP contribution in [0.1, 0.15) is 32.6 Å². The summed E-state index contributed by atoms with van der Waals surface area (Å²) in [5.74, 6) is 1.02. The highest BCUT2D eigenvalue weighted by molar-refractivity contribution is 4.79. The van der Waals surface area contributed by atoms with Crippen molar-refractivity contribution < 1.29 is 0 Å². The van der Waals surface area contributed by atoms with Gasteiger partial charge in [0.15, 0.2) is 0 Å². The Kier molecular flexibility index (Phi) is 2.72. The summed E-state index contributed by atoms with van der Waals surface area (Å²) in [7, 11) is 4.39. The predicted octanol–water partition coefficient (Wildman–Crippen LogP) is 2.13. The van der Waals surface area contributed by atoms with Gasteiger partial charge in [0.2, 0.25) is 0 Å². The highest BCUT2D eigenvalue weighted by Gasteiger charge is 2.24. The summed E-state index contributed by atoms with van der Waals surface area (Å²) in [6.45, 7) is 2.31. The van der Waals surface area contributed by atoms with E-state index in [4.69, 9.17) is 0 Å². The van der Waals surface area contributed by atoms with Gasteiger partial charge in [-0.1, -0.05) is 13.3 Å². The molecule has 0 N–H and O–H groups in total. The molecule has 1 saturated carbocycles. The van der Waals surface area contributed by atoms with E-state index < -0.39 is 0 Å². The zero-order valence-corrected chi connectivity index (χ0v) is 7.43. The maximum atomic E-state index is 2.37. The van der Waals surface area contributed by atoms with Crippen molar-refractivity contribution in [1.82, 2.24) is 4.90 Å². The van der Waals surface area contributed by atoms with Crippen LogP contribution in [0, 0.1) is 5.92 Å². The minimum atomic E-state index is 0.880. The Hall–Kier alpha value is -0.0400. The average molecular weight is 141 g/mol. The van der Waals surface area contributed by atoms with E-state index in [-0.39, 0.29) is 0 Å². The van der Waals surface area contributed by atoms with Gasteiger partial charge in [-0.05, 0) is 39.3 Å². The van der Waals surface area contributed by atoms with Crippen LogP contribution in [0.5, 0.6) is 0 Å². The fourth-order valence-corrected chi connectivity index (χ4v) is 1.89. The zero-order valence-electron chi connectivity index (χ0n) is 7.43. The number of nitrogens with zero attached hydrogens (tertiary/aromatic N) is 1. The van der Waals surface area contributed by atoms with Gasteiger partial charge in [0.1, 0.15) is 0 Å². The van der Waals surface area contributed by atoms with Crippen LogP contribution in [0.4, 0.5) is 0 Å². The normalized spacial score (nSPS) is 33.6. The molecular formula is C9H19N. The van der Waals surface area contributed by atoms with Crippen molar-refractivity contribution >= 4 is 0 Å². The molecule has 1 nitrogen and oxygen atoms in total. The third-order valence-corrected chi connectivity index (χ3v) is 2.82. The first-order valence-electron chi connectivity index (χ1n) is 4.40. The second-order valence-electron chi connectivity index (χ2n) is 3.70. The first-order valence-corrected chi connectivity index (χ1v) is 4.40. The first-order chi connectivity index (χ1) is 4.74. The minimum absolute atomic E-state index is 0.880. The molecule has 1 heteroatoms. The van der Waals surface area contributed by atoms with Gasteiger partial charge in [-0.2, -0.15) is 0 Å². The Bertz CT molecular complexity index is 98.9. The van der Waals surface area contributed by atoms with Crippen LogP contribution >= 0.6 is 0 Å². The molecule has 10 heavy (non-hydrogen) atoms. The van der Waals surface area contributed by atoms with Gasteiger partial charge in [-0.3, -0.25) is 0 Å². The molecule has 60 valence electrons. The van der Waals surface area contributed by atoms with E-state index >= 15 is 0 Å². The lowest BCUT2D eigenvalue weighted by Crippen LogP contribution is -2.24. The molecule has 0 radical (unpaired) electrons. The maximum absolute atomic E-state index is 2.37. The van der Waals surface area contributed by atoms with Crippen LogP contribution in [-0.2, 0) is 0 Å². The summed E-state index contributed by atoms with van der Waals surface area (Å²) in [6.07, 6.45) is 5.69. The standard InChI is InChI=1S/C9H19N/c1-4-8-5-6-9(7-8)10(2)3/h8-9H,4-7H2,1-3H3/t8-,9+/m0/s1. The Morgan fingerprint density at radius 2 is 2.00 bits per heavy atom. The summed E-state index contributed by atoms with van der Waals surface area (Å²) in [6, 6.07) is 0.880. The third kappa shape index (κ3) is 1.72. The molecule has 1 aliphatic rings. The van der Waals surface area contributed by atoms with Crippen LogP contribution in [-0.4, -0.2) is 25.0 Å². The van der Waals surface area contributed by atoms with E-state index in [0.717, 1.165) is 12.0 Å². The lowest BCUT2D eigenvalue weighted by Gasteiger charge is -2.18. The lowest BCUT2D eigenvalue weighted by molar-refractivity contribution is 0.290. The van der Waals surface area contributed by atoms with Crippen LogP contribution in [0.3, 0.4) is 0 Å². The largest absolute Gasteiger partial charge is 0.306 e. The molecule has 1 aliphatic carbocycles. The van der Waals surface area contributed by atoms with Crippen molar-refractivity contribution in [3.63, 3.8) is 0 Å². The lowest BCUT2D eigenvalue weighted by atomic mass is 10.1. The predicted molar refractivity (Wildman–Crippen MR) is 45.1 cm³/mol. The van der Waals surface area contributed by atoms with Gasteiger partial charge in [0, 0.05) is 6.04 Å². The van der Waals surface area contributed by atoms with Crippen molar-refractivity contribution in [2.24, 2.45) is 5.92 Å². The van der Waals surface area contributed by atoms with Crippen LogP contribution in [0.25, 0.3) is 0 Å². The molecule has 0 amide bonds. The van der Waals surface area contributed by atoms with Gasteiger partial charge in [-0.15, -0.1) is 0 Å². The van der Waals surface area contributed by atoms with Gasteiger partial charge in [0.05, 0.1) is 0 Å². The van der Waals surface area contributed by atoms with Gasteiger partial charge >= 0.3 is 0 Å². The summed E-state index contributed by atoms with van der Waals surface area (Å²) >= 11 is 0. The Morgan fingerprint density at radius 3 is 2.30 bits per heavy atom. The number of hydrogen-bond acceptors (Lipinski definition) is 1. The second-order valence-corrected chi connectivity index (χ2v) is 3.70. The summed E-state index contributed by atoms with van der Waals surface area (Å²) in [4.78, 5) is 2.37. The van der Waals surface area contributed by atoms with Crippen LogP contribution in [0.15, 0.2) is 0 Å². The quantitative estimate of drug-likeness (QED) is 0.569. The molecule has 0 aromatic carbocycles. The monoisotopic (exact) mass is 141 g/mol. The van der Waals surface area contributed by atoms with E-state index in [1.807, 2.05) is 0 Å². The highest BCUT2D eigenvalue weighted by Crippen LogP contribution is 2.29. The number of rotatable bonds is 2. The molecule has 0 unspecified atom stereocenters. The van der Waals surface area contributed by atoms with E-state index in [9.17, 15) is 0 Å². The van der Waals surface area contributed by atoms with E-state index in [2.05, 4.69) is 25.9 Å². The van der Waals surface area contributed by atoms with Crippen molar-refractivity contribution in [2.75, 3.05) is 14.1 Å². The first kappa shape index (κ1) is 8.06. The summed E-state index contributed by atoms with van der Waals surface area (Å²) < 4.78 is 0. The smallest absolute Gasteiger partial charge is 0.00919 e. The summed E-state index contributed by atoms with van der Waals surface area (Å²) in [5, 5.41) is 0. The molecule has 0 heterocycles. The fourth-order valence-electron chi connectivity index (χ4n) is 1.89. The Labute approximate surface area is 64.4 Å².